The fourth-order valence-electron chi connectivity index (χ4n) is 5.91. The van der Waals surface area contributed by atoms with Gasteiger partial charge in [-0.05, 0) is 117 Å². The monoisotopic (exact) mass is 540 g/mol. The van der Waals surface area contributed by atoms with Crippen molar-refractivity contribution in [1.29, 1.82) is 0 Å². The summed E-state index contributed by atoms with van der Waals surface area (Å²) >= 11 is 11.3. The fraction of sp³-hybridized carbons (Fsp3) is 0.529. The molecule has 2 fully saturated rings. The first-order chi connectivity index (χ1) is 18.2. The number of aryl methyl sites for hydroxylation is 1. The van der Waals surface area contributed by atoms with Crippen molar-refractivity contribution in [3.05, 3.63) is 88.4 Å². The maximum atomic E-state index is 5.68. The second kappa shape index (κ2) is 17.0. The van der Waals surface area contributed by atoms with Crippen LogP contribution < -0.4 is 4.74 Å². The van der Waals surface area contributed by atoms with Crippen LogP contribution in [0.25, 0.3) is 0 Å². The third-order valence-corrected chi connectivity index (χ3v) is 8.63. The van der Waals surface area contributed by atoms with Crippen molar-refractivity contribution in [2.24, 2.45) is 11.8 Å². The molecule has 0 N–H and O–H groups in total. The van der Waals surface area contributed by atoms with Crippen molar-refractivity contribution in [3.8, 4) is 5.75 Å². The number of hydrogen-bond donors (Lipinski definition) is 0. The van der Waals surface area contributed by atoms with Crippen LogP contribution in [-0.4, -0.2) is 7.11 Å². The van der Waals surface area contributed by atoms with E-state index in [1.54, 1.807) is 18.2 Å². The highest BCUT2D eigenvalue weighted by Crippen LogP contribution is 2.37. The zero-order valence-corrected chi connectivity index (χ0v) is 24.4. The molecule has 0 radical (unpaired) electrons. The van der Waals surface area contributed by atoms with Gasteiger partial charge in [0.1, 0.15) is 5.75 Å². The summed E-state index contributed by atoms with van der Waals surface area (Å²) in [5.41, 5.74) is 7.84. The molecule has 0 bridgehead atoms. The lowest BCUT2D eigenvalue weighted by Gasteiger charge is -2.27. The van der Waals surface area contributed by atoms with Gasteiger partial charge in [0.15, 0.2) is 0 Å². The van der Waals surface area contributed by atoms with Gasteiger partial charge in [-0.15, -0.1) is 0 Å². The quantitative estimate of drug-likeness (QED) is 0.287. The number of unbranched alkanes of at least 4 members (excludes halogenated alkanes) is 2. The fourth-order valence-corrected chi connectivity index (χ4v) is 6.32. The van der Waals surface area contributed by atoms with Crippen LogP contribution in [0.3, 0.4) is 0 Å². The lowest BCUT2D eigenvalue weighted by atomic mass is 9.78. The first kappa shape index (κ1) is 29.9. The van der Waals surface area contributed by atoms with Crippen LogP contribution in [0, 0.1) is 11.8 Å². The summed E-state index contributed by atoms with van der Waals surface area (Å²) in [7, 11) is 1.71. The van der Waals surface area contributed by atoms with Gasteiger partial charge in [-0.3, -0.25) is 0 Å². The Kier molecular flexibility index (Phi) is 13.7. The maximum absolute atomic E-state index is 5.68. The molecule has 2 aliphatic rings. The molecular formula is C34H46Cl2O. The van der Waals surface area contributed by atoms with Gasteiger partial charge in [-0.25, -0.2) is 0 Å². The number of ether oxygens (including phenoxy) is 1. The van der Waals surface area contributed by atoms with Gasteiger partial charge in [0.2, 0.25) is 0 Å². The van der Waals surface area contributed by atoms with Gasteiger partial charge in [0, 0.05) is 11.1 Å². The maximum Gasteiger partial charge on any atom is 0.118 e. The van der Waals surface area contributed by atoms with Crippen molar-refractivity contribution >= 4 is 23.2 Å². The van der Waals surface area contributed by atoms with Gasteiger partial charge < -0.3 is 4.74 Å². The molecule has 37 heavy (non-hydrogen) atoms. The smallest absolute Gasteiger partial charge is 0.118 e. The standard InChI is InChI=1S/C19H27Cl.C15H19ClO/c1-2-3-4-5-16-6-10-18(11-7-16)19-12-8-17(9-13-19)14-15-20;1-17-15-8-6-14(7-9-15)13-4-2-12(3-5-13)10-11-16/h6-7,10-11,14-15,17,19H,2-5,8-9,12-13H2,1H3;6-13H,2-5H2,1H3/b15-14+;11-10+. The van der Waals surface area contributed by atoms with E-state index in [-0.39, 0.29) is 0 Å². The number of hydrogen-bond acceptors (Lipinski definition) is 1. The predicted molar refractivity (Wildman–Crippen MR) is 162 cm³/mol. The highest BCUT2D eigenvalue weighted by atomic mass is 35.5. The average molecular weight is 542 g/mol. The van der Waals surface area contributed by atoms with Crippen LogP contribution in [0.1, 0.15) is 106 Å². The van der Waals surface area contributed by atoms with Crippen molar-refractivity contribution in [2.75, 3.05) is 7.11 Å². The largest absolute Gasteiger partial charge is 0.497 e. The van der Waals surface area contributed by atoms with Crippen LogP contribution in [0.4, 0.5) is 0 Å². The summed E-state index contributed by atoms with van der Waals surface area (Å²) in [6.45, 7) is 2.26. The number of allylic oxidation sites excluding steroid dienone is 2. The molecule has 202 valence electrons. The molecule has 3 heteroatoms. The Balaban J connectivity index is 0.000000208. The summed E-state index contributed by atoms with van der Waals surface area (Å²) in [6.07, 6.45) is 19.7. The Hall–Kier alpha value is -1.70. The summed E-state index contributed by atoms with van der Waals surface area (Å²) in [4.78, 5) is 0. The van der Waals surface area contributed by atoms with Gasteiger partial charge in [-0.1, -0.05) is 91.5 Å². The van der Waals surface area contributed by atoms with E-state index in [1.807, 2.05) is 0 Å². The number of rotatable bonds is 9. The van der Waals surface area contributed by atoms with E-state index >= 15 is 0 Å². The van der Waals surface area contributed by atoms with Crippen LogP contribution in [0.5, 0.6) is 5.75 Å². The summed E-state index contributed by atoms with van der Waals surface area (Å²) in [5, 5.41) is 0. The summed E-state index contributed by atoms with van der Waals surface area (Å²) in [5.74, 6) is 3.80. The summed E-state index contributed by atoms with van der Waals surface area (Å²) in [6, 6.07) is 17.9. The second-order valence-corrected chi connectivity index (χ2v) is 11.3. The Labute approximate surface area is 236 Å². The Morgan fingerprint density at radius 1 is 0.676 bits per heavy atom. The first-order valence-electron chi connectivity index (χ1n) is 14.4. The van der Waals surface area contributed by atoms with Crippen molar-refractivity contribution in [3.63, 3.8) is 0 Å². The van der Waals surface area contributed by atoms with E-state index in [4.69, 9.17) is 27.9 Å². The van der Waals surface area contributed by atoms with Crippen LogP contribution in [0.15, 0.2) is 71.8 Å². The summed E-state index contributed by atoms with van der Waals surface area (Å²) < 4.78 is 5.18. The van der Waals surface area contributed by atoms with Crippen LogP contribution in [0.2, 0.25) is 0 Å². The van der Waals surface area contributed by atoms with E-state index < -0.39 is 0 Å². The van der Waals surface area contributed by atoms with E-state index in [0.29, 0.717) is 17.8 Å². The third-order valence-electron chi connectivity index (χ3n) is 8.34. The molecular weight excluding hydrogens is 495 g/mol. The van der Waals surface area contributed by atoms with Crippen molar-refractivity contribution in [2.45, 2.75) is 95.8 Å². The number of methoxy groups -OCH3 is 1. The number of halogens is 2. The number of benzene rings is 2. The molecule has 0 unspecified atom stereocenters. The van der Waals surface area contributed by atoms with E-state index in [9.17, 15) is 0 Å². The van der Waals surface area contributed by atoms with Crippen molar-refractivity contribution < 1.29 is 4.74 Å². The SMILES string of the molecule is CCCCCc1ccc(C2CCC(/C=C/Cl)CC2)cc1.COc1ccc(C2CCC(/C=C/Cl)CC2)cc1. The molecule has 2 aromatic rings. The minimum Gasteiger partial charge on any atom is -0.497 e. The van der Waals surface area contributed by atoms with Crippen LogP contribution >= 0.6 is 23.2 Å². The third kappa shape index (κ3) is 10.2. The molecule has 2 saturated carbocycles. The van der Waals surface area contributed by atoms with Gasteiger partial charge in [0.25, 0.3) is 0 Å². The Morgan fingerprint density at radius 3 is 1.54 bits per heavy atom. The zero-order chi connectivity index (χ0) is 26.3. The van der Waals surface area contributed by atoms with Gasteiger partial charge in [0.05, 0.1) is 7.11 Å². The van der Waals surface area contributed by atoms with Gasteiger partial charge >= 0.3 is 0 Å². The van der Waals surface area contributed by atoms with E-state index in [2.05, 4.69) is 67.6 Å². The minimum absolute atomic E-state index is 0.682. The van der Waals surface area contributed by atoms with E-state index in [0.717, 1.165) is 11.7 Å². The highest BCUT2D eigenvalue weighted by molar-refractivity contribution is 6.25. The van der Waals surface area contributed by atoms with Crippen LogP contribution in [-0.2, 0) is 6.42 Å². The molecule has 2 aliphatic carbocycles. The average Bonchev–Trinajstić information content (AvgIpc) is 2.95. The molecule has 0 saturated heterocycles. The Bertz CT molecular complexity index is 915. The Morgan fingerprint density at radius 2 is 1.14 bits per heavy atom. The lowest BCUT2D eigenvalue weighted by Crippen LogP contribution is -2.11. The normalized spacial score (nSPS) is 24.1. The highest BCUT2D eigenvalue weighted by Gasteiger charge is 2.21. The molecule has 0 aliphatic heterocycles. The van der Waals surface area contributed by atoms with E-state index in [1.165, 1.54) is 93.7 Å². The molecule has 0 spiro atoms. The predicted octanol–water partition coefficient (Wildman–Crippen LogP) is 11.2. The first-order valence-corrected chi connectivity index (χ1v) is 15.3. The molecule has 0 heterocycles. The molecule has 4 rings (SSSR count). The molecule has 0 aromatic heterocycles. The topological polar surface area (TPSA) is 9.23 Å². The minimum atomic E-state index is 0.682. The molecule has 0 atom stereocenters. The lowest BCUT2D eigenvalue weighted by molar-refractivity contribution is 0.375. The second-order valence-electron chi connectivity index (χ2n) is 10.8. The van der Waals surface area contributed by atoms with Gasteiger partial charge in [-0.2, -0.15) is 0 Å². The molecule has 1 nitrogen and oxygen atoms in total. The molecule has 2 aromatic carbocycles. The zero-order valence-electron chi connectivity index (χ0n) is 22.9. The molecule has 0 amide bonds. The van der Waals surface area contributed by atoms with Crippen molar-refractivity contribution in [1.82, 2.24) is 0 Å².